The van der Waals surface area contributed by atoms with Crippen LogP contribution in [0.15, 0.2) is 18.2 Å². The van der Waals surface area contributed by atoms with E-state index in [0.29, 0.717) is 21.7 Å². The fourth-order valence-electron chi connectivity index (χ4n) is 2.16. The molecule has 1 heterocycles. The van der Waals surface area contributed by atoms with E-state index in [4.69, 9.17) is 12.2 Å². The number of nitro groups is 1. The van der Waals surface area contributed by atoms with Crippen LogP contribution < -0.4 is 0 Å². The van der Waals surface area contributed by atoms with E-state index in [9.17, 15) is 10.1 Å². The van der Waals surface area contributed by atoms with Crippen molar-refractivity contribution in [2.75, 3.05) is 0 Å². The van der Waals surface area contributed by atoms with E-state index in [1.807, 2.05) is 31.4 Å². The molecule has 0 amide bonds. The summed E-state index contributed by atoms with van der Waals surface area (Å²) in [6.07, 6.45) is 0. The number of hydrogen-bond acceptors (Lipinski definition) is 4. The molecule has 20 heavy (non-hydrogen) atoms. The molecular formula is C13H16N4O2S. The molecule has 0 radical (unpaired) electrons. The molecule has 0 spiro atoms. The molecule has 1 aromatic carbocycles. The molecule has 6 nitrogen and oxygen atoms in total. The summed E-state index contributed by atoms with van der Waals surface area (Å²) in [4.78, 5) is 10.7. The van der Waals surface area contributed by atoms with E-state index in [0.717, 1.165) is 0 Å². The summed E-state index contributed by atoms with van der Waals surface area (Å²) in [6.45, 7) is 7.75. The second-order valence-corrected chi connectivity index (χ2v) is 5.95. The van der Waals surface area contributed by atoms with Gasteiger partial charge in [0.1, 0.15) is 0 Å². The molecular weight excluding hydrogens is 276 g/mol. The highest BCUT2D eigenvalue weighted by atomic mass is 32.1. The third-order valence-corrected chi connectivity index (χ3v) is 3.36. The van der Waals surface area contributed by atoms with Gasteiger partial charge in [0.15, 0.2) is 10.6 Å². The zero-order chi connectivity index (χ0) is 15.1. The number of aromatic nitrogens is 3. The average Bonchev–Trinajstić information content (AvgIpc) is 2.70. The minimum atomic E-state index is -0.387. The molecule has 1 N–H and O–H groups in total. The van der Waals surface area contributed by atoms with Crippen LogP contribution in [-0.2, 0) is 5.54 Å². The van der Waals surface area contributed by atoms with E-state index < -0.39 is 0 Å². The number of rotatable bonds is 2. The fourth-order valence-corrected chi connectivity index (χ4v) is 2.57. The zero-order valence-electron chi connectivity index (χ0n) is 11.8. The van der Waals surface area contributed by atoms with E-state index in [2.05, 4.69) is 10.2 Å². The molecule has 0 unspecified atom stereocenters. The molecule has 0 aliphatic carbocycles. The van der Waals surface area contributed by atoms with Crippen LogP contribution in [0.3, 0.4) is 0 Å². The summed E-state index contributed by atoms with van der Waals surface area (Å²) in [6, 6.07) is 4.96. The third-order valence-electron chi connectivity index (χ3n) is 3.09. The normalized spacial score (nSPS) is 11.6. The summed E-state index contributed by atoms with van der Waals surface area (Å²) < 4.78 is 2.37. The Hall–Kier alpha value is -2.02. The van der Waals surface area contributed by atoms with Crippen molar-refractivity contribution in [2.24, 2.45) is 0 Å². The van der Waals surface area contributed by atoms with Gasteiger partial charge in [0, 0.05) is 22.7 Å². The Labute approximate surface area is 121 Å². The third kappa shape index (κ3) is 2.36. The second-order valence-electron chi connectivity index (χ2n) is 5.57. The van der Waals surface area contributed by atoms with Crippen LogP contribution in [0.1, 0.15) is 26.3 Å². The number of nitrogens with zero attached hydrogens (tertiary/aromatic N) is 3. The van der Waals surface area contributed by atoms with Crippen molar-refractivity contribution in [2.45, 2.75) is 33.2 Å². The molecule has 106 valence electrons. The number of nitrogens with one attached hydrogen (secondary N) is 1. The van der Waals surface area contributed by atoms with Gasteiger partial charge < -0.3 is 0 Å². The molecule has 0 aliphatic heterocycles. The minimum Gasteiger partial charge on any atom is -0.295 e. The molecule has 0 bridgehead atoms. The van der Waals surface area contributed by atoms with Crippen LogP contribution in [0.25, 0.3) is 11.4 Å². The van der Waals surface area contributed by atoms with Crippen molar-refractivity contribution in [3.8, 4) is 11.4 Å². The van der Waals surface area contributed by atoms with Crippen molar-refractivity contribution < 1.29 is 4.92 Å². The Kier molecular flexibility index (Phi) is 3.47. The molecule has 2 rings (SSSR count). The number of hydrogen-bond donors (Lipinski definition) is 1. The lowest BCUT2D eigenvalue weighted by molar-refractivity contribution is -0.385. The lowest BCUT2D eigenvalue weighted by Crippen LogP contribution is -2.23. The first-order chi connectivity index (χ1) is 9.23. The van der Waals surface area contributed by atoms with E-state index in [1.54, 1.807) is 13.0 Å². The van der Waals surface area contributed by atoms with E-state index in [1.165, 1.54) is 6.07 Å². The monoisotopic (exact) mass is 292 g/mol. The fraction of sp³-hybridized carbons (Fsp3) is 0.385. The van der Waals surface area contributed by atoms with Crippen molar-refractivity contribution in [1.82, 2.24) is 14.8 Å². The smallest absolute Gasteiger partial charge is 0.273 e. The number of aromatic amines is 1. The summed E-state index contributed by atoms with van der Waals surface area (Å²) in [5.74, 6) is 0.615. The maximum absolute atomic E-state index is 11.0. The highest BCUT2D eigenvalue weighted by Crippen LogP contribution is 2.31. The van der Waals surface area contributed by atoms with Crippen molar-refractivity contribution in [3.63, 3.8) is 0 Å². The Bertz CT molecular complexity index is 725. The number of nitro benzene ring substituents is 1. The lowest BCUT2D eigenvalue weighted by atomic mass is 10.0. The predicted octanol–water partition coefficient (Wildman–Crippen LogP) is 3.58. The minimum absolute atomic E-state index is 0.0804. The molecule has 0 fully saturated rings. The van der Waals surface area contributed by atoms with Gasteiger partial charge in [-0.3, -0.25) is 19.8 Å². The average molecular weight is 292 g/mol. The molecule has 0 saturated heterocycles. The van der Waals surface area contributed by atoms with Crippen LogP contribution in [0.2, 0.25) is 0 Å². The van der Waals surface area contributed by atoms with Gasteiger partial charge in [0.05, 0.1) is 4.92 Å². The summed E-state index contributed by atoms with van der Waals surface area (Å²) in [5, 5.41) is 18.0. The SMILES string of the molecule is Cc1c(-c2n[nH]c(=S)n2C(C)(C)C)cccc1[N+](=O)[O-]. The standard InChI is InChI=1S/C13H16N4O2S/c1-8-9(6-5-7-10(8)17(18)19)11-14-15-12(20)16(11)13(2,3)4/h5-7H,1-4H3,(H,15,20). The summed E-state index contributed by atoms with van der Waals surface area (Å²) in [5.41, 5.74) is 1.10. The van der Waals surface area contributed by atoms with Gasteiger partial charge in [-0.05, 0) is 39.9 Å². The number of benzene rings is 1. The maximum atomic E-state index is 11.0. The Morgan fingerprint density at radius 2 is 2.05 bits per heavy atom. The Morgan fingerprint density at radius 1 is 1.40 bits per heavy atom. The van der Waals surface area contributed by atoms with Crippen molar-refractivity contribution in [3.05, 3.63) is 38.6 Å². The summed E-state index contributed by atoms with van der Waals surface area (Å²) in [7, 11) is 0. The Balaban J connectivity index is 2.74. The van der Waals surface area contributed by atoms with Crippen LogP contribution in [0.5, 0.6) is 0 Å². The van der Waals surface area contributed by atoms with Gasteiger partial charge in [-0.1, -0.05) is 12.1 Å². The first-order valence-electron chi connectivity index (χ1n) is 6.15. The van der Waals surface area contributed by atoms with Gasteiger partial charge in [0.2, 0.25) is 0 Å². The predicted molar refractivity (Wildman–Crippen MR) is 79.2 cm³/mol. The summed E-state index contributed by atoms with van der Waals surface area (Å²) >= 11 is 5.26. The van der Waals surface area contributed by atoms with Gasteiger partial charge >= 0.3 is 0 Å². The van der Waals surface area contributed by atoms with Crippen molar-refractivity contribution >= 4 is 17.9 Å². The van der Waals surface area contributed by atoms with Crippen LogP contribution in [-0.4, -0.2) is 19.7 Å². The maximum Gasteiger partial charge on any atom is 0.273 e. The van der Waals surface area contributed by atoms with Gasteiger partial charge in [-0.25, -0.2) is 0 Å². The highest BCUT2D eigenvalue weighted by Gasteiger charge is 2.23. The molecule has 2 aromatic rings. The molecule has 0 saturated carbocycles. The van der Waals surface area contributed by atoms with Crippen molar-refractivity contribution in [1.29, 1.82) is 0 Å². The zero-order valence-corrected chi connectivity index (χ0v) is 12.6. The first-order valence-corrected chi connectivity index (χ1v) is 6.56. The quantitative estimate of drug-likeness (QED) is 0.521. The van der Waals surface area contributed by atoms with E-state index >= 15 is 0 Å². The number of H-pyrrole nitrogens is 1. The van der Waals surface area contributed by atoms with E-state index in [-0.39, 0.29) is 16.1 Å². The second kappa shape index (κ2) is 4.82. The van der Waals surface area contributed by atoms with Gasteiger partial charge in [-0.2, -0.15) is 5.10 Å². The van der Waals surface area contributed by atoms with Crippen LogP contribution in [0, 0.1) is 21.8 Å². The topological polar surface area (TPSA) is 76.8 Å². The molecule has 1 aromatic heterocycles. The Morgan fingerprint density at radius 3 is 2.60 bits per heavy atom. The van der Waals surface area contributed by atoms with Gasteiger partial charge in [-0.15, -0.1) is 0 Å². The first kappa shape index (κ1) is 14.4. The largest absolute Gasteiger partial charge is 0.295 e. The van der Waals surface area contributed by atoms with Crippen LogP contribution >= 0.6 is 12.2 Å². The lowest BCUT2D eigenvalue weighted by Gasteiger charge is -2.23. The molecule has 7 heteroatoms. The van der Waals surface area contributed by atoms with Gasteiger partial charge in [0.25, 0.3) is 5.69 Å². The van der Waals surface area contributed by atoms with Crippen LogP contribution in [0.4, 0.5) is 5.69 Å². The molecule has 0 aliphatic rings. The molecule has 0 atom stereocenters. The highest BCUT2D eigenvalue weighted by molar-refractivity contribution is 7.71.